The highest BCUT2D eigenvalue weighted by molar-refractivity contribution is 14.1. The van der Waals surface area contributed by atoms with Crippen LogP contribution in [0, 0.1) is 15.4 Å². The van der Waals surface area contributed by atoms with Crippen molar-refractivity contribution < 1.29 is 19.1 Å². The molecule has 1 aliphatic carbocycles. The van der Waals surface area contributed by atoms with Gasteiger partial charge in [0, 0.05) is 28.1 Å². The highest BCUT2D eigenvalue weighted by Crippen LogP contribution is 2.29. The Labute approximate surface area is 246 Å². The van der Waals surface area contributed by atoms with Crippen molar-refractivity contribution in [3.63, 3.8) is 0 Å². The fourth-order valence-electron chi connectivity index (χ4n) is 4.87. The number of carbonyl (C=O) groups excluding carboxylic acids is 3. The first-order valence-electron chi connectivity index (χ1n) is 13.5. The van der Waals surface area contributed by atoms with Gasteiger partial charge in [0.05, 0.1) is 10.9 Å². The second-order valence-electron chi connectivity index (χ2n) is 11.3. The molecule has 1 aliphatic rings. The molecule has 1 atom stereocenters. The molecular weight excluding hydrogens is 625 g/mol. The van der Waals surface area contributed by atoms with Crippen molar-refractivity contribution in [1.82, 2.24) is 20.8 Å². The minimum Gasteiger partial charge on any atom is -0.444 e. The number of nitrogens with one attached hydrogen (secondary N) is 5. The van der Waals surface area contributed by atoms with Gasteiger partial charge in [0.2, 0.25) is 11.8 Å². The summed E-state index contributed by atoms with van der Waals surface area (Å²) in [6.07, 6.45) is 2.88. The molecular formula is C29H36IN5O5. The van der Waals surface area contributed by atoms with Crippen LogP contribution in [0.3, 0.4) is 0 Å². The molecule has 1 saturated carbocycles. The third-order valence-electron chi connectivity index (χ3n) is 6.98. The van der Waals surface area contributed by atoms with Gasteiger partial charge in [-0.05, 0) is 111 Å². The van der Waals surface area contributed by atoms with Gasteiger partial charge >= 0.3 is 6.09 Å². The van der Waals surface area contributed by atoms with Crippen LogP contribution >= 0.6 is 22.6 Å². The number of aromatic amines is 2. The SMILES string of the molecule is CC(C)(C)OC(=O)NC[C@H]1CC[C@H](C(=O)NC(Cc2ccc(I)cc2)C(=O)Nc2ccc3c(=O)[nH][nH]c3c2)CC1. The number of halogens is 1. The van der Waals surface area contributed by atoms with Crippen molar-refractivity contribution >= 4 is 57.1 Å². The molecule has 0 radical (unpaired) electrons. The molecule has 0 bridgehead atoms. The standard InChI is InChI=1S/C29H36IN5O5/c1-29(2,3)40-28(39)31-16-18-4-8-19(9-5-18)25(36)33-24(14-17-6-10-20(30)11-7-17)27(38)32-21-12-13-22-23(15-21)34-35-26(22)37/h6-7,10-13,15,18-19,24H,4-5,8-9,14,16H2,1-3H3,(H,31,39)(H,32,38)(H,33,36)(H2,34,35,37)/t18-,19-,24?. The molecule has 3 aromatic rings. The van der Waals surface area contributed by atoms with Crippen molar-refractivity contribution in [2.45, 2.75) is 64.5 Å². The van der Waals surface area contributed by atoms with Gasteiger partial charge in [-0.2, -0.15) is 0 Å². The smallest absolute Gasteiger partial charge is 0.407 e. The van der Waals surface area contributed by atoms with Crippen LogP contribution in [0.1, 0.15) is 52.0 Å². The van der Waals surface area contributed by atoms with Gasteiger partial charge in [0.1, 0.15) is 11.6 Å². The topological polar surface area (TPSA) is 145 Å². The Bertz CT molecular complexity index is 1400. The van der Waals surface area contributed by atoms with Gasteiger partial charge in [-0.3, -0.25) is 24.6 Å². The van der Waals surface area contributed by atoms with E-state index in [0.29, 0.717) is 42.4 Å². The Balaban J connectivity index is 1.37. The van der Waals surface area contributed by atoms with Gasteiger partial charge in [0.15, 0.2) is 0 Å². The maximum Gasteiger partial charge on any atom is 0.407 e. The number of carbonyl (C=O) groups is 3. The zero-order valence-electron chi connectivity index (χ0n) is 22.9. The summed E-state index contributed by atoms with van der Waals surface area (Å²) in [7, 11) is 0. The number of aromatic nitrogens is 2. The molecule has 1 fully saturated rings. The van der Waals surface area contributed by atoms with Crippen LogP contribution in [0.4, 0.5) is 10.5 Å². The van der Waals surface area contributed by atoms with Gasteiger partial charge < -0.3 is 20.7 Å². The van der Waals surface area contributed by atoms with E-state index in [9.17, 15) is 19.2 Å². The van der Waals surface area contributed by atoms with E-state index in [-0.39, 0.29) is 29.2 Å². The number of H-pyrrole nitrogens is 2. The Morgan fingerprint density at radius 3 is 2.40 bits per heavy atom. The highest BCUT2D eigenvalue weighted by atomic mass is 127. The number of fused-ring (bicyclic) bond motifs is 1. The molecule has 2 aromatic carbocycles. The maximum absolute atomic E-state index is 13.4. The summed E-state index contributed by atoms with van der Waals surface area (Å²) in [5, 5.41) is 14.5. The summed E-state index contributed by atoms with van der Waals surface area (Å²) < 4.78 is 6.39. The Hall–Kier alpha value is -3.35. The first-order valence-corrected chi connectivity index (χ1v) is 14.6. The van der Waals surface area contributed by atoms with Crippen LogP contribution in [0.25, 0.3) is 10.9 Å². The van der Waals surface area contributed by atoms with E-state index in [0.717, 1.165) is 22.0 Å². The Morgan fingerprint density at radius 1 is 1.02 bits per heavy atom. The van der Waals surface area contributed by atoms with Gasteiger partial charge in [-0.15, -0.1) is 0 Å². The largest absolute Gasteiger partial charge is 0.444 e. The van der Waals surface area contributed by atoms with E-state index in [1.165, 1.54) is 0 Å². The fourth-order valence-corrected chi connectivity index (χ4v) is 5.23. The van der Waals surface area contributed by atoms with Crippen LogP contribution < -0.4 is 21.5 Å². The third-order valence-corrected chi connectivity index (χ3v) is 7.70. The van der Waals surface area contributed by atoms with Gasteiger partial charge in [0.25, 0.3) is 5.56 Å². The summed E-state index contributed by atoms with van der Waals surface area (Å²) >= 11 is 2.23. The molecule has 214 valence electrons. The molecule has 10 nitrogen and oxygen atoms in total. The van der Waals surface area contributed by atoms with Gasteiger partial charge in [-0.25, -0.2) is 4.79 Å². The minimum absolute atomic E-state index is 0.144. The van der Waals surface area contributed by atoms with Crippen LogP contribution in [-0.4, -0.2) is 46.3 Å². The predicted octanol–water partition coefficient (Wildman–Crippen LogP) is 4.46. The molecule has 0 saturated heterocycles. The molecule has 1 heterocycles. The lowest BCUT2D eigenvalue weighted by atomic mass is 9.81. The molecule has 4 rings (SSSR count). The van der Waals surface area contributed by atoms with Crippen molar-refractivity contribution in [3.8, 4) is 0 Å². The van der Waals surface area contributed by atoms with E-state index in [2.05, 4.69) is 48.7 Å². The van der Waals surface area contributed by atoms with E-state index < -0.39 is 17.7 Å². The lowest BCUT2D eigenvalue weighted by Gasteiger charge is -2.29. The van der Waals surface area contributed by atoms with E-state index in [1.807, 2.05) is 45.0 Å². The monoisotopic (exact) mass is 661 g/mol. The fraction of sp³-hybridized carbons (Fsp3) is 0.448. The summed E-state index contributed by atoms with van der Waals surface area (Å²) in [5.74, 6) is -0.405. The molecule has 11 heteroatoms. The number of anilines is 1. The molecule has 1 aromatic heterocycles. The Morgan fingerprint density at radius 2 is 1.73 bits per heavy atom. The molecule has 0 aliphatic heterocycles. The summed E-state index contributed by atoms with van der Waals surface area (Å²) in [4.78, 5) is 50.5. The summed E-state index contributed by atoms with van der Waals surface area (Å²) in [6.45, 7) is 5.98. The van der Waals surface area contributed by atoms with Crippen LogP contribution in [-0.2, 0) is 20.7 Å². The quantitative estimate of drug-likeness (QED) is 0.227. The van der Waals surface area contributed by atoms with Crippen LogP contribution in [0.2, 0.25) is 0 Å². The second-order valence-corrected chi connectivity index (χ2v) is 12.6. The lowest BCUT2D eigenvalue weighted by molar-refractivity contribution is -0.130. The molecule has 0 spiro atoms. The van der Waals surface area contributed by atoms with E-state index in [4.69, 9.17) is 4.74 Å². The number of amides is 3. The average Bonchev–Trinajstić information content (AvgIpc) is 3.27. The number of benzene rings is 2. The first kappa shape index (κ1) is 29.6. The molecule has 3 amide bonds. The minimum atomic E-state index is -0.778. The van der Waals surface area contributed by atoms with Crippen molar-refractivity contribution in [1.29, 1.82) is 0 Å². The number of alkyl carbamates (subject to hydrolysis) is 1. The summed E-state index contributed by atoms with van der Waals surface area (Å²) in [6, 6.07) is 12.1. The number of hydrogen-bond donors (Lipinski definition) is 5. The highest BCUT2D eigenvalue weighted by Gasteiger charge is 2.30. The zero-order valence-corrected chi connectivity index (χ0v) is 25.1. The molecule has 40 heavy (non-hydrogen) atoms. The van der Waals surface area contributed by atoms with Crippen LogP contribution in [0.5, 0.6) is 0 Å². The number of rotatable bonds is 8. The second kappa shape index (κ2) is 12.9. The first-order chi connectivity index (χ1) is 19.0. The predicted molar refractivity (Wildman–Crippen MR) is 162 cm³/mol. The number of hydrogen-bond acceptors (Lipinski definition) is 5. The molecule has 5 N–H and O–H groups in total. The number of ether oxygens (including phenoxy) is 1. The van der Waals surface area contributed by atoms with E-state index in [1.54, 1.807) is 18.2 Å². The molecule has 1 unspecified atom stereocenters. The van der Waals surface area contributed by atoms with Crippen LogP contribution in [0.15, 0.2) is 47.3 Å². The van der Waals surface area contributed by atoms with Crippen molar-refractivity contribution in [3.05, 3.63) is 62.0 Å². The summed E-state index contributed by atoms with van der Waals surface area (Å²) in [5.41, 5.74) is 1.26. The zero-order chi connectivity index (χ0) is 28.9. The van der Waals surface area contributed by atoms with Gasteiger partial charge in [-0.1, -0.05) is 12.1 Å². The van der Waals surface area contributed by atoms with Crippen molar-refractivity contribution in [2.24, 2.45) is 11.8 Å². The lowest BCUT2D eigenvalue weighted by Crippen LogP contribution is -2.48. The Kier molecular flexibility index (Phi) is 9.54. The maximum atomic E-state index is 13.4. The third kappa shape index (κ3) is 8.33. The average molecular weight is 662 g/mol. The van der Waals surface area contributed by atoms with E-state index >= 15 is 0 Å². The van der Waals surface area contributed by atoms with Crippen molar-refractivity contribution in [2.75, 3.05) is 11.9 Å². The normalized spacial score (nSPS) is 18.1.